The maximum Gasteiger partial charge on any atom is 0.326 e. The number of halogens is 1. The first kappa shape index (κ1) is 19.9. The van der Waals surface area contributed by atoms with Crippen molar-refractivity contribution in [1.82, 2.24) is 10.2 Å². The van der Waals surface area contributed by atoms with Gasteiger partial charge in [-0.05, 0) is 66.8 Å². The second-order valence-electron chi connectivity index (χ2n) is 8.00. The lowest BCUT2D eigenvalue weighted by molar-refractivity contribution is -0.149. The fourth-order valence-corrected chi connectivity index (χ4v) is 4.01. The summed E-state index contributed by atoms with van der Waals surface area (Å²) in [5.74, 6) is -1.27. The lowest BCUT2D eigenvalue weighted by atomic mass is 10.0. The van der Waals surface area contributed by atoms with Gasteiger partial charge in [-0.3, -0.25) is 9.59 Å². The average molecular weight is 412 g/mol. The molecule has 1 aliphatic heterocycles. The van der Waals surface area contributed by atoms with E-state index in [0.717, 1.165) is 6.42 Å². The molecule has 1 saturated carbocycles. The van der Waals surface area contributed by atoms with E-state index >= 15 is 0 Å². The van der Waals surface area contributed by atoms with E-state index in [-0.39, 0.29) is 23.8 Å². The highest BCUT2D eigenvalue weighted by molar-refractivity contribution is 5.97. The molecule has 0 spiro atoms. The van der Waals surface area contributed by atoms with Crippen LogP contribution in [0.15, 0.2) is 48.5 Å². The summed E-state index contributed by atoms with van der Waals surface area (Å²) >= 11 is 0. The van der Waals surface area contributed by atoms with Crippen molar-refractivity contribution in [3.8, 4) is 11.5 Å². The molecule has 0 aromatic heterocycles. The Labute approximate surface area is 172 Å². The molecule has 1 saturated heterocycles. The summed E-state index contributed by atoms with van der Waals surface area (Å²) in [5.41, 5.74) is 0.213. The molecule has 8 heteroatoms. The molecule has 156 valence electrons. The van der Waals surface area contributed by atoms with Crippen molar-refractivity contribution < 1.29 is 28.6 Å². The van der Waals surface area contributed by atoms with Crippen LogP contribution in [0.2, 0.25) is 0 Å². The van der Waals surface area contributed by atoms with E-state index in [2.05, 4.69) is 5.32 Å². The second-order valence-corrected chi connectivity index (χ2v) is 8.00. The highest BCUT2D eigenvalue weighted by atomic mass is 19.1. The van der Waals surface area contributed by atoms with Crippen LogP contribution in [-0.2, 0) is 9.59 Å². The van der Waals surface area contributed by atoms with Gasteiger partial charge in [0.05, 0.1) is 6.54 Å². The Morgan fingerprint density at radius 2 is 1.70 bits per heavy atom. The quantitative estimate of drug-likeness (QED) is 0.761. The van der Waals surface area contributed by atoms with Crippen LogP contribution >= 0.6 is 0 Å². The summed E-state index contributed by atoms with van der Waals surface area (Å²) in [5, 5.41) is 11.9. The van der Waals surface area contributed by atoms with E-state index in [0.29, 0.717) is 23.5 Å². The summed E-state index contributed by atoms with van der Waals surface area (Å²) < 4.78 is 18.5. The number of likely N-dealkylation sites (tertiary alicyclic amines) is 1. The predicted molar refractivity (Wildman–Crippen MR) is 105 cm³/mol. The molecule has 1 aliphatic carbocycles. The monoisotopic (exact) mass is 412 g/mol. The van der Waals surface area contributed by atoms with Crippen molar-refractivity contribution in [2.24, 2.45) is 5.41 Å². The normalized spacial score (nSPS) is 24.1. The minimum Gasteiger partial charge on any atom is -0.480 e. The van der Waals surface area contributed by atoms with Gasteiger partial charge in [0.15, 0.2) is 0 Å². The lowest BCUT2D eigenvalue weighted by Gasteiger charge is -2.24. The number of benzene rings is 2. The van der Waals surface area contributed by atoms with E-state index in [1.165, 1.54) is 29.2 Å². The van der Waals surface area contributed by atoms with Gasteiger partial charge >= 0.3 is 5.97 Å². The third kappa shape index (κ3) is 3.85. The molecule has 7 nitrogen and oxygen atoms in total. The molecular formula is C22H21FN2O5. The lowest BCUT2D eigenvalue weighted by Crippen LogP contribution is -2.47. The summed E-state index contributed by atoms with van der Waals surface area (Å²) in [6.07, 6.45) is 1.24. The number of carbonyl (C=O) groups is 3. The fourth-order valence-electron chi connectivity index (χ4n) is 4.01. The number of amides is 2. The average Bonchev–Trinajstić information content (AvgIpc) is 3.28. The maximum absolute atomic E-state index is 12.9. The van der Waals surface area contributed by atoms with Crippen molar-refractivity contribution in [3.63, 3.8) is 0 Å². The Balaban J connectivity index is 1.33. The number of hydrogen-bond acceptors (Lipinski definition) is 4. The maximum atomic E-state index is 12.9. The molecule has 4 rings (SSSR count). The highest BCUT2D eigenvalue weighted by Crippen LogP contribution is 2.59. The molecule has 0 bridgehead atoms. The van der Waals surface area contributed by atoms with Crippen LogP contribution in [-0.4, -0.2) is 46.4 Å². The van der Waals surface area contributed by atoms with Crippen LogP contribution in [0, 0.1) is 11.2 Å². The number of aliphatic carboxylic acids is 1. The first-order valence-electron chi connectivity index (χ1n) is 9.62. The third-order valence-electron chi connectivity index (χ3n) is 5.77. The Hall–Kier alpha value is -3.42. The number of fused-ring (bicyclic) bond motifs is 1. The zero-order valence-electron chi connectivity index (χ0n) is 16.3. The van der Waals surface area contributed by atoms with Crippen molar-refractivity contribution in [3.05, 3.63) is 59.9 Å². The first-order valence-corrected chi connectivity index (χ1v) is 9.62. The number of nitrogens with zero attached hydrogens (tertiary/aromatic N) is 1. The van der Waals surface area contributed by atoms with Gasteiger partial charge in [-0.1, -0.05) is 6.92 Å². The van der Waals surface area contributed by atoms with Crippen LogP contribution in [0.25, 0.3) is 0 Å². The van der Waals surface area contributed by atoms with Crippen molar-refractivity contribution in [1.29, 1.82) is 0 Å². The molecule has 2 amide bonds. The second kappa shape index (κ2) is 7.44. The zero-order chi connectivity index (χ0) is 21.5. The number of piperidine rings is 1. The number of ether oxygens (including phenoxy) is 1. The Morgan fingerprint density at radius 1 is 1.10 bits per heavy atom. The van der Waals surface area contributed by atoms with Crippen molar-refractivity contribution in [2.75, 3.05) is 6.54 Å². The number of carboxylic acids is 1. The number of hydrogen-bond donors (Lipinski definition) is 2. The van der Waals surface area contributed by atoms with Gasteiger partial charge in [0.2, 0.25) is 5.91 Å². The minimum atomic E-state index is -1.01. The molecule has 3 atom stereocenters. The van der Waals surface area contributed by atoms with Gasteiger partial charge in [0, 0.05) is 11.6 Å². The van der Waals surface area contributed by atoms with Crippen molar-refractivity contribution >= 4 is 17.8 Å². The number of rotatable bonds is 6. The third-order valence-corrected chi connectivity index (χ3v) is 5.77. The number of nitrogens with one attached hydrogen (secondary N) is 1. The molecule has 2 N–H and O–H groups in total. The van der Waals surface area contributed by atoms with Crippen LogP contribution in [0.5, 0.6) is 11.5 Å². The summed E-state index contributed by atoms with van der Waals surface area (Å²) in [7, 11) is 0. The Bertz CT molecular complexity index is 992. The first-order chi connectivity index (χ1) is 14.3. The number of carbonyl (C=O) groups excluding carboxylic acids is 2. The molecule has 2 fully saturated rings. The molecule has 2 aromatic carbocycles. The van der Waals surface area contributed by atoms with Crippen molar-refractivity contribution in [2.45, 2.75) is 31.8 Å². The molecular weight excluding hydrogens is 391 g/mol. The summed E-state index contributed by atoms with van der Waals surface area (Å²) in [6, 6.07) is 10.9. The van der Waals surface area contributed by atoms with Crippen LogP contribution < -0.4 is 10.1 Å². The smallest absolute Gasteiger partial charge is 0.326 e. The van der Waals surface area contributed by atoms with Crippen LogP contribution in [0.1, 0.15) is 30.1 Å². The Kier molecular flexibility index (Phi) is 4.93. The van der Waals surface area contributed by atoms with E-state index in [4.69, 9.17) is 4.74 Å². The van der Waals surface area contributed by atoms with Crippen LogP contribution in [0.4, 0.5) is 4.39 Å². The largest absolute Gasteiger partial charge is 0.480 e. The molecule has 0 unspecified atom stereocenters. The van der Waals surface area contributed by atoms with Gasteiger partial charge in [-0.2, -0.15) is 0 Å². The van der Waals surface area contributed by atoms with Crippen LogP contribution in [0.3, 0.4) is 0 Å². The van der Waals surface area contributed by atoms with Gasteiger partial charge in [-0.15, -0.1) is 0 Å². The van der Waals surface area contributed by atoms with Gasteiger partial charge in [-0.25, -0.2) is 9.18 Å². The number of carboxylic acid groups (broad SMARTS) is 1. The molecule has 2 aliphatic rings. The summed E-state index contributed by atoms with van der Waals surface area (Å²) in [4.78, 5) is 37.8. The van der Waals surface area contributed by atoms with E-state index in [1.807, 2.05) is 6.92 Å². The fraction of sp³-hybridized carbons (Fsp3) is 0.318. The SMILES string of the molecule is C[C@@]12C[C@@H]1N(C(=O)CNC(=O)c1ccc(Oc3ccc(F)cc3)cc1)[C@H](C(=O)O)C2. The minimum absolute atomic E-state index is 0.0640. The molecule has 1 heterocycles. The molecule has 30 heavy (non-hydrogen) atoms. The standard InChI is InChI=1S/C22H21FN2O5/c1-22-10-17(21(28)29)25(18(22)11-22)19(26)12-24-20(27)13-2-6-15(7-3-13)30-16-8-4-14(23)5-9-16/h2-9,17-18H,10-12H2,1H3,(H,24,27)(H,28,29)/t17-,18-,22+/m0/s1. The predicted octanol–water partition coefficient (Wildman–Crippen LogP) is 2.81. The Morgan fingerprint density at radius 3 is 2.30 bits per heavy atom. The van der Waals surface area contributed by atoms with E-state index in [9.17, 15) is 23.9 Å². The highest BCUT2D eigenvalue weighted by Gasteiger charge is 2.64. The molecule has 2 aromatic rings. The summed E-state index contributed by atoms with van der Waals surface area (Å²) in [6.45, 7) is 1.72. The van der Waals surface area contributed by atoms with E-state index in [1.54, 1.807) is 24.3 Å². The zero-order valence-corrected chi connectivity index (χ0v) is 16.3. The molecule has 0 radical (unpaired) electrons. The topological polar surface area (TPSA) is 95.9 Å². The van der Waals surface area contributed by atoms with Gasteiger partial charge in [0.25, 0.3) is 5.91 Å². The van der Waals surface area contributed by atoms with Gasteiger partial charge < -0.3 is 20.1 Å². The van der Waals surface area contributed by atoms with Gasteiger partial charge in [0.1, 0.15) is 23.4 Å². The van der Waals surface area contributed by atoms with E-state index < -0.39 is 23.8 Å².